The Morgan fingerprint density at radius 1 is 1.45 bits per heavy atom. The van der Waals surface area contributed by atoms with Crippen LogP contribution >= 0.6 is 0 Å². The van der Waals surface area contributed by atoms with Gasteiger partial charge in [-0.1, -0.05) is 0 Å². The quantitative estimate of drug-likeness (QED) is 0.849. The number of ether oxygens (including phenoxy) is 1. The predicted molar refractivity (Wildman–Crippen MR) is 72.3 cm³/mol. The second-order valence-corrected chi connectivity index (χ2v) is 4.35. The topological polar surface area (TPSA) is 99.2 Å². The molecule has 0 aliphatic carbocycles. The van der Waals surface area contributed by atoms with Gasteiger partial charge in [-0.15, -0.1) is 0 Å². The summed E-state index contributed by atoms with van der Waals surface area (Å²) in [5.41, 5.74) is 6.05. The van der Waals surface area contributed by atoms with E-state index in [0.717, 1.165) is 0 Å². The molecular weight excluding hydrogens is 260 g/mol. The van der Waals surface area contributed by atoms with Gasteiger partial charge < -0.3 is 15.4 Å². The molecule has 2 N–H and O–H groups in total. The van der Waals surface area contributed by atoms with E-state index >= 15 is 0 Å². The van der Waals surface area contributed by atoms with Crippen molar-refractivity contribution in [1.82, 2.24) is 24.6 Å². The molecule has 8 nitrogen and oxygen atoms in total. The van der Waals surface area contributed by atoms with E-state index in [0.29, 0.717) is 23.2 Å². The number of aromatic nitrogens is 4. The van der Waals surface area contributed by atoms with E-state index in [9.17, 15) is 4.79 Å². The molecule has 0 spiro atoms. The van der Waals surface area contributed by atoms with Crippen LogP contribution < -0.4 is 5.73 Å². The van der Waals surface area contributed by atoms with Crippen LogP contribution in [0.25, 0.3) is 5.82 Å². The minimum Gasteiger partial charge on any atom is -0.384 e. The minimum absolute atomic E-state index is 0.178. The largest absolute Gasteiger partial charge is 0.384 e. The number of nitrogens with zero attached hydrogens (tertiary/aromatic N) is 5. The molecule has 1 amide bonds. The van der Waals surface area contributed by atoms with Crippen LogP contribution in [0.2, 0.25) is 0 Å². The van der Waals surface area contributed by atoms with E-state index in [4.69, 9.17) is 10.5 Å². The predicted octanol–water partition coefficient (Wildman–Crippen LogP) is 0.0927. The number of nitrogen functional groups attached to an aromatic ring is 1. The Morgan fingerprint density at radius 3 is 2.85 bits per heavy atom. The molecule has 0 aromatic carbocycles. The zero-order chi connectivity index (χ0) is 14.7. The van der Waals surface area contributed by atoms with Crippen molar-refractivity contribution in [3.8, 4) is 5.82 Å². The van der Waals surface area contributed by atoms with Crippen molar-refractivity contribution in [2.75, 3.05) is 26.9 Å². The van der Waals surface area contributed by atoms with Crippen LogP contribution in [0.3, 0.4) is 0 Å². The van der Waals surface area contributed by atoms with Crippen LogP contribution in [-0.2, 0) is 11.3 Å². The molecule has 0 bridgehead atoms. The Kier molecular flexibility index (Phi) is 3.94. The second kappa shape index (κ2) is 5.66. The average molecular weight is 276 g/mol. The SMILES string of the molecule is COCc1nc(N)cc(-n2ccc(C(=O)N(C)C)n2)n1. The fourth-order valence-corrected chi connectivity index (χ4v) is 1.61. The molecule has 0 fully saturated rings. The smallest absolute Gasteiger partial charge is 0.273 e. The molecule has 0 radical (unpaired) electrons. The van der Waals surface area contributed by atoms with Crippen LogP contribution in [0.4, 0.5) is 5.82 Å². The Morgan fingerprint density at radius 2 is 2.20 bits per heavy atom. The first kappa shape index (κ1) is 13.9. The van der Waals surface area contributed by atoms with E-state index in [-0.39, 0.29) is 12.5 Å². The van der Waals surface area contributed by atoms with Crippen LogP contribution in [-0.4, -0.2) is 51.8 Å². The van der Waals surface area contributed by atoms with Crippen molar-refractivity contribution in [2.24, 2.45) is 0 Å². The van der Waals surface area contributed by atoms with Crippen molar-refractivity contribution in [3.63, 3.8) is 0 Å². The summed E-state index contributed by atoms with van der Waals surface area (Å²) >= 11 is 0. The molecule has 2 aromatic rings. The highest BCUT2D eigenvalue weighted by atomic mass is 16.5. The molecule has 8 heteroatoms. The number of rotatable bonds is 4. The van der Waals surface area contributed by atoms with E-state index in [2.05, 4.69) is 15.1 Å². The summed E-state index contributed by atoms with van der Waals surface area (Å²) in [4.78, 5) is 21.6. The first-order valence-electron chi connectivity index (χ1n) is 5.91. The van der Waals surface area contributed by atoms with Gasteiger partial charge in [-0.05, 0) is 6.07 Å². The van der Waals surface area contributed by atoms with Crippen LogP contribution in [0.1, 0.15) is 16.3 Å². The summed E-state index contributed by atoms with van der Waals surface area (Å²) in [6.45, 7) is 0.253. The standard InChI is InChI=1S/C12H16N6O2/c1-17(2)12(19)8-4-5-18(16-8)11-6-9(13)14-10(15-11)7-20-3/h4-6H,7H2,1-3H3,(H2,13,14,15). The maximum atomic E-state index is 11.8. The molecule has 2 heterocycles. The Balaban J connectivity index is 2.34. The fourth-order valence-electron chi connectivity index (χ4n) is 1.61. The third kappa shape index (κ3) is 2.91. The lowest BCUT2D eigenvalue weighted by atomic mass is 10.4. The molecule has 0 aliphatic rings. The molecule has 0 saturated carbocycles. The normalized spacial score (nSPS) is 10.6. The van der Waals surface area contributed by atoms with Gasteiger partial charge in [0, 0.05) is 33.5 Å². The van der Waals surface area contributed by atoms with Crippen molar-refractivity contribution in [3.05, 3.63) is 29.8 Å². The first-order valence-corrected chi connectivity index (χ1v) is 5.91. The summed E-state index contributed by atoms with van der Waals surface area (Å²) in [5.74, 6) is 1.08. The molecule has 2 rings (SSSR count). The molecule has 0 saturated heterocycles. The molecule has 20 heavy (non-hydrogen) atoms. The number of methoxy groups -OCH3 is 1. The van der Waals surface area contributed by atoms with Crippen molar-refractivity contribution in [1.29, 1.82) is 0 Å². The van der Waals surface area contributed by atoms with Gasteiger partial charge in [0.2, 0.25) is 0 Å². The summed E-state index contributed by atoms with van der Waals surface area (Å²) in [6.07, 6.45) is 1.65. The number of anilines is 1. The van der Waals surface area contributed by atoms with Gasteiger partial charge in [-0.3, -0.25) is 4.79 Å². The third-order valence-corrected chi connectivity index (χ3v) is 2.50. The summed E-state index contributed by atoms with van der Waals surface area (Å²) < 4.78 is 6.46. The lowest BCUT2D eigenvalue weighted by molar-refractivity contribution is 0.0821. The van der Waals surface area contributed by atoms with Crippen LogP contribution in [0, 0.1) is 0 Å². The average Bonchev–Trinajstić information content (AvgIpc) is 2.87. The molecule has 2 aromatic heterocycles. The highest BCUT2D eigenvalue weighted by Crippen LogP contribution is 2.10. The lowest BCUT2D eigenvalue weighted by Crippen LogP contribution is -2.22. The summed E-state index contributed by atoms with van der Waals surface area (Å²) in [6, 6.07) is 3.20. The Bertz CT molecular complexity index is 622. The molecule has 0 aliphatic heterocycles. The first-order chi connectivity index (χ1) is 9.51. The maximum absolute atomic E-state index is 11.8. The van der Waals surface area contributed by atoms with Crippen molar-refractivity contribution in [2.45, 2.75) is 6.61 Å². The van der Waals surface area contributed by atoms with Gasteiger partial charge in [0.05, 0.1) is 0 Å². The summed E-state index contributed by atoms with van der Waals surface area (Å²) in [5, 5.41) is 4.18. The summed E-state index contributed by atoms with van der Waals surface area (Å²) in [7, 11) is 4.88. The lowest BCUT2D eigenvalue weighted by Gasteiger charge is -2.07. The number of carbonyl (C=O) groups excluding carboxylic acids is 1. The number of amides is 1. The van der Waals surface area contributed by atoms with E-state index in [1.165, 1.54) is 9.58 Å². The highest BCUT2D eigenvalue weighted by molar-refractivity contribution is 5.91. The van der Waals surface area contributed by atoms with Crippen molar-refractivity contribution < 1.29 is 9.53 Å². The third-order valence-electron chi connectivity index (χ3n) is 2.50. The van der Waals surface area contributed by atoms with Gasteiger partial charge in [0.15, 0.2) is 17.3 Å². The number of hydrogen-bond acceptors (Lipinski definition) is 6. The number of hydrogen-bond donors (Lipinski definition) is 1. The molecule has 0 unspecified atom stereocenters. The van der Waals surface area contributed by atoms with Gasteiger partial charge in [-0.25, -0.2) is 14.6 Å². The van der Waals surface area contributed by atoms with Gasteiger partial charge in [0.1, 0.15) is 12.4 Å². The Hall–Kier alpha value is -2.48. The monoisotopic (exact) mass is 276 g/mol. The van der Waals surface area contributed by atoms with E-state index < -0.39 is 0 Å². The number of nitrogens with two attached hydrogens (primary N) is 1. The molecular formula is C12H16N6O2. The zero-order valence-corrected chi connectivity index (χ0v) is 11.6. The fraction of sp³-hybridized carbons (Fsp3) is 0.333. The van der Waals surface area contributed by atoms with E-state index in [1.54, 1.807) is 39.5 Å². The maximum Gasteiger partial charge on any atom is 0.273 e. The van der Waals surface area contributed by atoms with Crippen LogP contribution in [0.5, 0.6) is 0 Å². The van der Waals surface area contributed by atoms with Crippen molar-refractivity contribution >= 4 is 11.7 Å². The zero-order valence-electron chi connectivity index (χ0n) is 11.6. The van der Waals surface area contributed by atoms with E-state index in [1.807, 2.05) is 0 Å². The molecule has 0 atom stereocenters. The van der Waals surface area contributed by atoms with Gasteiger partial charge in [0.25, 0.3) is 5.91 Å². The van der Waals surface area contributed by atoms with Gasteiger partial charge in [-0.2, -0.15) is 5.10 Å². The minimum atomic E-state index is -0.178. The Labute approximate surface area is 116 Å². The second-order valence-electron chi connectivity index (χ2n) is 4.35. The van der Waals surface area contributed by atoms with Crippen LogP contribution in [0.15, 0.2) is 18.3 Å². The highest BCUT2D eigenvalue weighted by Gasteiger charge is 2.13. The molecule has 106 valence electrons. The van der Waals surface area contributed by atoms with Gasteiger partial charge >= 0.3 is 0 Å². The number of carbonyl (C=O) groups is 1.